The summed E-state index contributed by atoms with van der Waals surface area (Å²) in [6.45, 7) is -8.12. The van der Waals surface area contributed by atoms with Gasteiger partial charge in [-0.25, -0.2) is 0 Å². The van der Waals surface area contributed by atoms with Crippen LogP contribution in [-0.2, 0) is 5.41 Å². The van der Waals surface area contributed by atoms with Crippen LogP contribution in [0.25, 0.3) is 66.1 Å². The largest absolute Gasteiger partial charge is 0.453 e. The Kier molecular flexibility index (Phi) is 2.40. The van der Waals surface area contributed by atoms with Gasteiger partial charge in [0.15, 0.2) is 5.58 Å². The molecule has 2 nitrogen and oxygen atoms in total. The minimum Gasteiger partial charge on any atom is -0.453 e. The zero-order chi connectivity index (χ0) is 64.3. The van der Waals surface area contributed by atoms with Crippen molar-refractivity contribution in [2.75, 3.05) is 4.90 Å². The Hall–Kier alpha value is -6.38. The minimum absolute atomic E-state index is 0.222. The molecule has 0 fully saturated rings. The number of hydrogen-bond acceptors (Lipinski definition) is 2. The summed E-state index contributed by atoms with van der Waals surface area (Å²) < 4.78 is 323. The predicted octanol–water partition coefficient (Wildman–Crippen LogP) is 13.8. The van der Waals surface area contributed by atoms with E-state index in [2.05, 4.69) is 0 Å². The fourth-order valence-electron chi connectivity index (χ4n) is 5.94. The van der Waals surface area contributed by atoms with Crippen LogP contribution >= 0.6 is 0 Å². The summed E-state index contributed by atoms with van der Waals surface area (Å²) in [6.07, 6.45) is 0. The second-order valence-corrected chi connectivity index (χ2v) is 11.0. The third kappa shape index (κ3) is 4.57. The molecule has 242 valence electrons. The van der Waals surface area contributed by atoms with Gasteiger partial charge in [0.2, 0.25) is 0 Å². The maximum Gasteiger partial charge on any atom is 0.159 e. The van der Waals surface area contributed by atoms with Crippen molar-refractivity contribution in [3.63, 3.8) is 0 Å². The van der Waals surface area contributed by atoms with Crippen LogP contribution in [0.4, 0.5) is 17.1 Å². The molecule has 0 N–H and O–H groups in total. The van der Waals surface area contributed by atoms with E-state index in [4.69, 9.17) is 35.9 Å². The molecule has 2 heteroatoms. The molecule has 0 aliphatic heterocycles. The monoisotopic (exact) mass is 688 g/mol. The summed E-state index contributed by atoms with van der Waals surface area (Å²) >= 11 is 0. The summed E-state index contributed by atoms with van der Waals surface area (Å²) in [5.74, 6) is 0. The zero-order valence-electron chi connectivity index (χ0n) is 60.4. The molecule has 1 aliphatic carbocycles. The second kappa shape index (κ2) is 11.3. The Morgan fingerprint density at radius 2 is 1.06 bits per heavy atom. The third-order valence-electron chi connectivity index (χ3n) is 8.18. The molecule has 1 heterocycles. The Morgan fingerprint density at radius 1 is 0.451 bits per heavy atom. The fraction of sp³-hybridized carbons (Fsp3) is 0.0612. The summed E-state index contributed by atoms with van der Waals surface area (Å²) in [7, 11) is 0. The lowest BCUT2D eigenvalue weighted by Crippen LogP contribution is -2.16. The van der Waals surface area contributed by atoms with Gasteiger partial charge < -0.3 is 9.32 Å². The molecule has 0 saturated heterocycles. The molecular formula is C49H35NO. The topological polar surface area (TPSA) is 16.4 Å². The molecule has 1 aliphatic rings. The molecule has 9 aromatic rings. The van der Waals surface area contributed by atoms with E-state index in [1.165, 1.54) is 0 Å². The Bertz CT molecular complexity index is 4570. The average molecular weight is 689 g/mol. The number of rotatable bonds is 5. The molecular weight excluding hydrogens is 619 g/mol. The van der Waals surface area contributed by atoms with Crippen LogP contribution in [0.1, 0.15) is 72.8 Å². The summed E-state index contributed by atoms with van der Waals surface area (Å²) in [5, 5.41) is -3.16. The van der Waals surface area contributed by atoms with Crippen LogP contribution in [0.3, 0.4) is 0 Å². The fourth-order valence-corrected chi connectivity index (χ4v) is 5.94. The minimum atomic E-state index is -4.06. The number of benzene rings is 8. The maximum atomic E-state index is 10.2. The van der Waals surface area contributed by atoms with Gasteiger partial charge in [-0.3, -0.25) is 0 Å². The van der Waals surface area contributed by atoms with Crippen molar-refractivity contribution >= 4 is 49.8 Å². The molecule has 10 rings (SSSR count). The predicted molar refractivity (Wildman–Crippen MR) is 214 cm³/mol. The molecule has 0 bridgehead atoms. The lowest BCUT2D eigenvalue weighted by atomic mass is 9.82. The molecule has 8 aromatic carbocycles. The van der Waals surface area contributed by atoms with Gasteiger partial charge in [-0.15, -0.1) is 0 Å². The smallest absolute Gasteiger partial charge is 0.159 e. The summed E-state index contributed by atoms with van der Waals surface area (Å²) in [6, 6.07) is -33.2. The van der Waals surface area contributed by atoms with Crippen molar-refractivity contribution in [3.05, 3.63) is 186 Å². The van der Waals surface area contributed by atoms with Gasteiger partial charge in [0.1, 0.15) is 5.58 Å². The highest BCUT2D eigenvalue weighted by Crippen LogP contribution is 2.51. The third-order valence-corrected chi connectivity index (χ3v) is 8.18. The highest BCUT2D eigenvalue weighted by molar-refractivity contribution is 6.21. The SMILES string of the molecule is [2H]c1c([2H])c([2H])c(-c2c([2H])c([2H])c(N(c3c([2H])c([2H])c4c(c3[2H])C(C([2H])([2H])[2H])(C([2H])([2H])[2H])c3c([2H])c([2H])c([2H])c([2H])c3-4)c3c([2H])c([2H])c([2H])c4c3oc3c5c([2H])c([2H])c([2H])c([2H])c5c(-c5c([2H])c([2H])c([2H])c([2H])c5[2H])c([2H])c34)c([2H])c2[2H])c([2H])c1[2H]. The van der Waals surface area contributed by atoms with Crippen molar-refractivity contribution in [3.8, 4) is 33.4 Å². The Labute approximate surface area is 347 Å². The van der Waals surface area contributed by atoms with Gasteiger partial charge in [-0.2, -0.15) is 0 Å². The average Bonchev–Trinajstić information content (AvgIpc) is 1.48. The first-order chi connectivity index (χ1) is 39.6. The number of nitrogens with zero attached hydrogens (tertiary/aromatic N) is 1. The van der Waals surface area contributed by atoms with Crippen LogP contribution in [0.2, 0.25) is 0 Å². The van der Waals surface area contributed by atoms with Gasteiger partial charge >= 0.3 is 0 Å². The van der Waals surface area contributed by atoms with E-state index in [1.807, 2.05) is 0 Å². The first kappa shape index (κ1) is 10.8. The number of hydrogen-bond donors (Lipinski definition) is 0. The summed E-state index contributed by atoms with van der Waals surface area (Å²) in [5.41, 5.74) is -17.8. The number of furan rings is 1. The number of fused-ring (bicyclic) bond motifs is 8. The first-order valence-electron chi connectivity index (χ1n) is 32.3. The molecule has 0 unspecified atom stereocenters. The van der Waals surface area contributed by atoms with Crippen LogP contribution in [0, 0.1) is 0 Å². The van der Waals surface area contributed by atoms with Crippen LogP contribution in [0.15, 0.2) is 180 Å². The van der Waals surface area contributed by atoms with Gasteiger partial charge in [-0.1, -0.05) is 153 Å². The molecule has 1 aromatic heterocycles. The van der Waals surface area contributed by atoms with E-state index in [1.54, 1.807) is 0 Å². The second-order valence-electron chi connectivity index (χ2n) is 11.0. The molecule has 0 atom stereocenters. The van der Waals surface area contributed by atoms with E-state index in [-0.39, 0.29) is 4.90 Å². The van der Waals surface area contributed by atoms with E-state index < -0.39 is 289 Å². The van der Waals surface area contributed by atoms with Gasteiger partial charge in [0.25, 0.3) is 0 Å². The standard InChI is InChI=1S/C49H35NO/c1-49(2)44-22-12-11-19-38(44)39-29-28-36(30-45(39)49)50(35-26-24-33(25-27-35)32-14-5-3-6-15-32)46-23-13-21-41-43-31-42(34-16-7-4-8-17-34)37-18-9-10-20-40(37)47(43)51-48(41)46/h3-31H,1-2H3/i1D3,2D3,3D,4D,5D,6D,7D,8D,9D,10D,11D,12D,13D,14D,15D,16D,17D,18D,19D,20D,21D,22D,23D,24D,25D,26D,27D,28D,29D,30D,31D. The van der Waals surface area contributed by atoms with Gasteiger partial charge in [0, 0.05) is 41.2 Å². The molecule has 51 heavy (non-hydrogen) atoms. The zero-order valence-corrected chi connectivity index (χ0v) is 25.4. The first-order valence-corrected chi connectivity index (χ1v) is 14.8. The van der Waals surface area contributed by atoms with E-state index in [0.29, 0.717) is 0 Å². The van der Waals surface area contributed by atoms with Crippen molar-refractivity contribution in [1.82, 2.24) is 0 Å². The van der Waals surface area contributed by atoms with E-state index in [9.17, 15) is 16.4 Å². The lowest BCUT2D eigenvalue weighted by molar-refractivity contribution is 0.660. The lowest BCUT2D eigenvalue weighted by Gasteiger charge is -2.28. The Morgan fingerprint density at radius 3 is 1.84 bits per heavy atom. The van der Waals surface area contributed by atoms with Crippen LogP contribution < -0.4 is 4.90 Å². The van der Waals surface area contributed by atoms with E-state index >= 15 is 0 Å². The Balaban J connectivity index is 1.52. The molecule has 0 saturated carbocycles. The van der Waals surface area contributed by atoms with Crippen molar-refractivity contribution in [2.45, 2.75) is 19.1 Å². The highest BCUT2D eigenvalue weighted by atomic mass is 16.3. The van der Waals surface area contributed by atoms with Crippen molar-refractivity contribution in [2.24, 2.45) is 0 Å². The van der Waals surface area contributed by atoms with Gasteiger partial charge in [0.05, 0.1) is 45.4 Å². The summed E-state index contributed by atoms with van der Waals surface area (Å²) in [4.78, 5) is 0.222. The molecule has 0 spiro atoms. The van der Waals surface area contributed by atoms with Crippen molar-refractivity contribution < 1.29 is 52.4 Å². The molecule has 0 radical (unpaired) electrons. The van der Waals surface area contributed by atoms with Crippen molar-refractivity contribution in [1.29, 1.82) is 0 Å². The van der Waals surface area contributed by atoms with Crippen LogP contribution in [0.5, 0.6) is 0 Å². The van der Waals surface area contributed by atoms with Crippen LogP contribution in [-0.4, -0.2) is 0 Å². The normalized spacial score (nSPS) is 23.3. The highest BCUT2D eigenvalue weighted by Gasteiger charge is 2.36. The number of para-hydroxylation sites is 1. The molecule has 0 amide bonds. The van der Waals surface area contributed by atoms with E-state index in [0.717, 1.165) is 0 Å². The van der Waals surface area contributed by atoms with Gasteiger partial charge in [-0.05, 0) is 86.1 Å². The number of anilines is 3. The maximum absolute atomic E-state index is 10.2. The quantitative estimate of drug-likeness (QED) is 0.179.